The highest BCUT2D eigenvalue weighted by Gasteiger charge is 2.35. The van der Waals surface area contributed by atoms with E-state index < -0.39 is 16.0 Å². The first-order valence-electron chi connectivity index (χ1n) is 10.6. The first kappa shape index (κ1) is 25.6. The third-order valence-electron chi connectivity index (χ3n) is 5.76. The van der Waals surface area contributed by atoms with Gasteiger partial charge in [-0.15, -0.1) is 12.4 Å². The maximum absolute atomic E-state index is 13.3. The quantitative estimate of drug-likeness (QED) is 0.462. The number of hydrogen-bond donors (Lipinski definition) is 1. The second-order valence-corrected chi connectivity index (χ2v) is 9.78. The Kier molecular flexibility index (Phi) is 8.24. The van der Waals surface area contributed by atoms with Gasteiger partial charge in [-0.2, -0.15) is 4.31 Å². The van der Waals surface area contributed by atoms with E-state index in [9.17, 15) is 18.0 Å². The smallest absolute Gasteiger partial charge is 0.321 e. The van der Waals surface area contributed by atoms with Crippen molar-refractivity contribution in [2.75, 3.05) is 13.7 Å². The number of methoxy groups -OCH3 is 1. The van der Waals surface area contributed by atoms with Crippen LogP contribution in [0.25, 0.3) is 5.82 Å². The van der Waals surface area contributed by atoms with Crippen LogP contribution in [0.2, 0.25) is 0 Å². The zero-order valence-electron chi connectivity index (χ0n) is 18.6. The standard InChI is InChI=1S/C22H25N5O5S.ClH/c1-32-21(28)15-26(18-6-2-3-7-18)33(30,31)19-8-9-20(24-14-19)27-22(29)17(13-25-27)11-16-5-4-10-23-12-16;/h4-5,8-10,12-14,18,25H,2-3,6-7,11,15H2,1H3;1H. The summed E-state index contributed by atoms with van der Waals surface area (Å²) in [6, 6.07) is 6.28. The summed E-state index contributed by atoms with van der Waals surface area (Å²) in [6.45, 7) is -0.348. The first-order chi connectivity index (χ1) is 15.9. The number of esters is 1. The van der Waals surface area contributed by atoms with Gasteiger partial charge in [0.1, 0.15) is 11.4 Å². The summed E-state index contributed by atoms with van der Waals surface area (Å²) in [5.41, 5.74) is 1.15. The second-order valence-electron chi connectivity index (χ2n) is 7.89. The summed E-state index contributed by atoms with van der Waals surface area (Å²) < 4.78 is 33.7. The van der Waals surface area contributed by atoms with Crippen molar-refractivity contribution >= 4 is 28.4 Å². The van der Waals surface area contributed by atoms with Gasteiger partial charge in [0.25, 0.3) is 5.56 Å². The predicted octanol–water partition coefficient (Wildman–Crippen LogP) is 2.07. The van der Waals surface area contributed by atoms with Crippen molar-refractivity contribution in [2.45, 2.75) is 43.0 Å². The molecule has 3 aromatic heterocycles. The van der Waals surface area contributed by atoms with Crippen molar-refractivity contribution < 1.29 is 17.9 Å². The summed E-state index contributed by atoms with van der Waals surface area (Å²) in [6.07, 6.45) is 9.78. The molecule has 1 N–H and O–H groups in total. The molecule has 34 heavy (non-hydrogen) atoms. The van der Waals surface area contributed by atoms with Crippen LogP contribution in [0, 0.1) is 0 Å². The molecule has 10 nitrogen and oxygen atoms in total. The van der Waals surface area contributed by atoms with Gasteiger partial charge in [-0.3, -0.25) is 19.7 Å². The Hall–Kier alpha value is -3.02. The molecule has 0 amide bonds. The molecule has 1 fully saturated rings. The second kappa shape index (κ2) is 10.9. The molecule has 1 aliphatic carbocycles. The number of sulfonamides is 1. The number of nitrogens with zero attached hydrogens (tertiary/aromatic N) is 4. The molecule has 1 aliphatic rings. The normalized spacial score (nSPS) is 14.2. The van der Waals surface area contributed by atoms with Crippen LogP contribution < -0.4 is 5.56 Å². The SMILES string of the molecule is COC(=O)CN(C1CCCC1)S(=O)(=O)c1ccc(-n2[nH]cc(Cc3cccnc3)c2=O)nc1.Cl. The Morgan fingerprint density at radius 3 is 2.62 bits per heavy atom. The van der Waals surface area contributed by atoms with Crippen LogP contribution in [0.15, 0.2) is 58.7 Å². The Bertz CT molecular complexity index is 1270. The number of nitrogens with one attached hydrogen (secondary N) is 1. The number of carbonyl (C=O) groups excluding carboxylic acids is 1. The molecule has 0 atom stereocenters. The van der Waals surface area contributed by atoms with Crippen molar-refractivity contribution in [1.29, 1.82) is 0 Å². The molecule has 4 rings (SSSR count). The van der Waals surface area contributed by atoms with E-state index in [2.05, 4.69) is 15.1 Å². The summed E-state index contributed by atoms with van der Waals surface area (Å²) in [4.78, 5) is 32.9. The van der Waals surface area contributed by atoms with E-state index in [0.717, 1.165) is 18.4 Å². The fraction of sp³-hybridized carbons (Fsp3) is 0.364. The number of pyridine rings is 2. The minimum Gasteiger partial charge on any atom is -0.468 e. The predicted molar refractivity (Wildman–Crippen MR) is 127 cm³/mol. The molecule has 12 heteroatoms. The average Bonchev–Trinajstić information content (AvgIpc) is 3.48. The molecule has 3 heterocycles. The van der Waals surface area contributed by atoms with Gasteiger partial charge in [0.15, 0.2) is 5.82 Å². The number of aromatic nitrogens is 4. The highest BCUT2D eigenvalue weighted by atomic mass is 35.5. The highest BCUT2D eigenvalue weighted by Crippen LogP contribution is 2.28. The molecule has 0 unspecified atom stereocenters. The third-order valence-corrected chi connectivity index (χ3v) is 7.65. The summed E-state index contributed by atoms with van der Waals surface area (Å²) in [5.74, 6) is -0.356. The van der Waals surface area contributed by atoms with Crippen LogP contribution in [0.4, 0.5) is 0 Å². The number of ether oxygens (including phenoxy) is 1. The number of rotatable bonds is 8. The lowest BCUT2D eigenvalue weighted by atomic mass is 10.1. The van der Waals surface area contributed by atoms with E-state index >= 15 is 0 Å². The van der Waals surface area contributed by atoms with Gasteiger partial charge in [-0.05, 0) is 36.6 Å². The molecule has 0 radical (unpaired) electrons. The van der Waals surface area contributed by atoms with E-state index in [1.807, 2.05) is 6.07 Å². The van der Waals surface area contributed by atoms with Crippen molar-refractivity contribution in [3.05, 3.63) is 70.5 Å². The van der Waals surface area contributed by atoms with Gasteiger partial charge in [0, 0.05) is 42.8 Å². The molecule has 3 aromatic rings. The lowest BCUT2D eigenvalue weighted by Gasteiger charge is -2.26. The molecule has 0 bridgehead atoms. The Morgan fingerprint density at radius 2 is 2.00 bits per heavy atom. The summed E-state index contributed by atoms with van der Waals surface area (Å²) >= 11 is 0. The van der Waals surface area contributed by atoms with Gasteiger partial charge in [0.2, 0.25) is 10.0 Å². The van der Waals surface area contributed by atoms with E-state index in [-0.39, 0.29) is 41.3 Å². The van der Waals surface area contributed by atoms with Gasteiger partial charge >= 0.3 is 5.97 Å². The zero-order valence-corrected chi connectivity index (χ0v) is 20.2. The van der Waals surface area contributed by atoms with Crippen LogP contribution in [-0.4, -0.2) is 58.1 Å². The molecular formula is C22H26ClN5O5S. The van der Waals surface area contributed by atoms with Crippen LogP contribution in [-0.2, 0) is 26.0 Å². The van der Waals surface area contributed by atoms with Gasteiger partial charge in [-0.25, -0.2) is 18.1 Å². The minimum absolute atomic E-state index is 0. The van der Waals surface area contributed by atoms with Crippen LogP contribution in [0.3, 0.4) is 0 Å². The molecule has 0 aromatic carbocycles. The van der Waals surface area contributed by atoms with Crippen LogP contribution in [0.1, 0.15) is 36.8 Å². The van der Waals surface area contributed by atoms with Crippen molar-refractivity contribution in [2.24, 2.45) is 0 Å². The highest BCUT2D eigenvalue weighted by molar-refractivity contribution is 7.89. The number of hydrogen-bond acceptors (Lipinski definition) is 7. The minimum atomic E-state index is -3.97. The molecular weight excluding hydrogens is 482 g/mol. The van der Waals surface area contributed by atoms with E-state index in [1.165, 1.54) is 34.4 Å². The molecule has 0 aliphatic heterocycles. The number of H-pyrrole nitrogens is 1. The molecule has 0 saturated heterocycles. The maximum atomic E-state index is 13.3. The lowest BCUT2D eigenvalue weighted by Crippen LogP contribution is -2.42. The van der Waals surface area contributed by atoms with E-state index in [0.29, 0.717) is 24.8 Å². The monoisotopic (exact) mass is 507 g/mol. The Morgan fingerprint density at radius 1 is 1.24 bits per heavy atom. The first-order valence-corrected chi connectivity index (χ1v) is 12.1. The number of carbonyl (C=O) groups is 1. The van der Waals surface area contributed by atoms with Gasteiger partial charge in [0.05, 0.1) is 7.11 Å². The topological polar surface area (TPSA) is 127 Å². The van der Waals surface area contributed by atoms with Crippen LogP contribution in [0.5, 0.6) is 0 Å². The molecule has 0 spiro atoms. The largest absolute Gasteiger partial charge is 0.468 e. The molecule has 1 saturated carbocycles. The van der Waals surface area contributed by atoms with Crippen molar-refractivity contribution in [1.82, 2.24) is 24.1 Å². The van der Waals surface area contributed by atoms with Gasteiger partial charge < -0.3 is 4.74 Å². The maximum Gasteiger partial charge on any atom is 0.321 e. The van der Waals surface area contributed by atoms with Gasteiger partial charge in [-0.1, -0.05) is 18.9 Å². The van der Waals surface area contributed by atoms with Crippen LogP contribution >= 0.6 is 12.4 Å². The zero-order chi connectivity index (χ0) is 23.4. The lowest BCUT2D eigenvalue weighted by molar-refractivity contribution is -0.141. The fourth-order valence-electron chi connectivity index (χ4n) is 4.01. The number of halogens is 1. The van der Waals surface area contributed by atoms with Crippen molar-refractivity contribution in [3.8, 4) is 5.82 Å². The number of aromatic amines is 1. The summed E-state index contributed by atoms with van der Waals surface area (Å²) in [5, 5.41) is 2.87. The molecule has 182 valence electrons. The Labute approximate surface area is 203 Å². The van der Waals surface area contributed by atoms with Crippen molar-refractivity contribution in [3.63, 3.8) is 0 Å². The summed E-state index contributed by atoms with van der Waals surface area (Å²) in [7, 11) is -2.74. The fourth-order valence-corrected chi connectivity index (χ4v) is 5.59. The third kappa shape index (κ3) is 5.37. The average molecular weight is 508 g/mol. The Balaban J connectivity index is 0.00000324. The van der Waals surface area contributed by atoms with E-state index in [4.69, 9.17) is 4.74 Å². The van der Waals surface area contributed by atoms with E-state index in [1.54, 1.807) is 24.7 Å².